The summed E-state index contributed by atoms with van der Waals surface area (Å²) in [6, 6.07) is 6.20. The van der Waals surface area contributed by atoms with Crippen LogP contribution in [0.25, 0.3) is 16.9 Å². The molecular formula is C19H19BN6. The molecule has 0 unspecified atom stereocenters. The Labute approximate surface area is 152 Å². The summed E-state index contributed by atoms with van der Waals surface area (Å²) >= 11 is 0. The number of rotatable bonds is 4. The maximum absolute atomic E-state index is 4.66. The Morgan fingerprint density at radius 1 is 1.04 bits per heavy atom. The molecule has 0 saturated heterocycles. The molecule has 26 heavy (non-hydrogen) atoms. The Morgan fingerprint density at radius 2 is 1.92 bits per heavy atom. The molecule has 0 aliphatic heterocycles. The van der Waals surface area contributed by atoms with E-state index in [4.69, 9.17) is 0 Å². The standard InChI is InChI=1S/C19H19BN6/c1-12-7-14(9-23-17(12)15-3-4-21-13(2)8-15)10-24-18-19-25-11-16(20)26(19)6-5-22-18/h3-9,11H,10,20H2,1-2H3,(H,22,24). The van der Waals surface area contributed by atoms with Crippen molar-refractivity contribution in [1.82, 2.24) is 24.3 Å². The van der Waals surface area contributed by atoms with Crippen LogP contribution in [-0.4, -0.2) is 32.2 Å². The maximum atomic E-state index is 4.66. The molecule has 0 radical (unpaired) electrons. The zero-order valence-electron chi connectivity index (χ0n) is 15.1. The molecule has 4 heterocycles. The molecule has 7 heteroatoms. The summed E-state index contributed by atoms with van der Waals surface area (Å²) in [7, 11) is 2.02. The quantitative estimate of drug-likeness (QED) is 0.572. The lowest BCUT2D eigenvalue weighted by Crippen LogP contribution is -2.11. The molecule has 0 spiro atoms. The van der Waals surface area contributed by atoms with Gasteiger partial charge in [-0.1, -0.05) is 6.07 Å². The molecule has 6 nitrogen and oxygen atoms in total. The van der Waals surface area contributed by atoms with Gasteiger partial charge in [-0.25, -0.2) is 9.97 Å². The van der Waals surface area contributed by atoms with Crippen LogP contribution in [0.4, 0.5) is 5.82 Å². The molecule has 0 saturated carbocycles. The molecule has 0 atom stereocenters. The van der Waals surface area contributed by atoms with Crippen LogP contribution >= 0.6 is 0 Å². The van der Waals surface area contributed by atoms with E-state index in [1.807, 2.05) is 50.0 Å². The number of imidazole rings is 1. The molecule has 0 aliphatic carbocycles. The summed E-state index contributed by atoms with van der Waals surface area (Å²) in [6.45, 7) is 4.71. The number of aryl methyl sites for hydroxylation is 2. The van der Waals surface area contributed by atoms with Crippen molar-refractivity contribution in [1.29, 1.82) is 0 Å². The van der Waals surface area contributed by atoms with Crippen LogP contribution < -0.4 is 10.9 Å². The SMILES string of the molecule is Bc1cnc2c(NCc3cnc(-c4ccnc(C)c4)c(C)c3)nccn12. The number of anilines is 1. The lowest BCUT2D eigenvalue weighted by Gasteiger charge is -2.10. The highest BCUT2D eigenvalue weighted by Crippen LogP contribution is 2.22. The zero-order valence-corrected chi connectivity index (χ0v) is 15.1. The molecule has 128 valence electrons. The minimum Gasteiger partial charge on any atom is -0.363 e. The Balaban J connectivity index is 1.56. The average molecular weight is 342 g/mol. The van der Waals surface area contributed by atoms with E-state index in [1.165, 1.54) is 0 Å². The van der Waals surface area contributed by atoms with Crippen molar-refractivity contribution in [2.24, 2.45) is 0 Å². The molecule has 4 aromatic heterocycles. The van der Waals surface area contributed by atoms with Crippen molar-refractivity contribution in [3.8, 4) is 11.3 Å². The first-order chi connectivity index (χ1) is 12.6. The highest BCUT2D eigenvalue weighted by Gasteiger charge is 2.08. The highest BCUT2D eigenvalue weighted by molar-refractivity contribution is 6.31. The summed E-state index contributed by atoms with van der Waals surface area (Å²) < 4.78 is 2.02. The minimum atomic E-state index is 0.641. The van der Waals surface area contributed by atoms with Crippen molar-refractivity contribution >= 4 is 24.9 Å². The van der Waals surface area contributed by atoms with Gasteiger partial charge in [-0.2, -0.15) is 0 Å². The van der Waals surface area contributed by atoms with Gasteiger partial charge < -0.3 is 9.72 Å². The third kappa shape index (κ3) is 3.03. The highest BCUT2D eigenvalue weighted by atomic mass is 15.1. The molecule has 4 aromatic rings. The second kappa shape index (κ2) is 6.59. The first kappa shape index (κ1) is 16.3. The third-order valence-electron chi connectivity index (χ3n) is 4.38. The van der Waals surface area contributed by atoms with E-state index in [0.717, 1.165) is 45.1 Å². The average Bonchev–Trinajstić information content (AvgIpc) is 3.02. The molecule has 1 N–H and O–H groups in total. The maximum Gasteiger partial charge on any atom is 0.179 e. The predicted molar refractivity (Wildman–Crippen MR) is 105 cm³/mol. The van der Waals surface area contributed by atoms with Crippen LogP contribution in [0.3, 0.4) is 0 Å². The molecule has 0 fully saturated rings. The fourth-order valence-electron chi connectivity index (χ4n) is 3.08. The van der Waals surface area contributed by atoms with Crippen LogP contribution in [0.5, 0.6) is 0 Å². The number of hydrogen-bond acceptors (Lipinski definition) is 5. The normalized spacial score (nSPS) is 11.0. The first-order valence-corrected chi connectivity index (χ1v) is 8.53. The van der Waals surface area contributed by atoms with Crippen LogP contribution in [0.1, 0.15) is 16.8 Å². The van der Waals surface area contributed by atoms with E-state index >= 15 is 0 Å². The zero-order chi connectivity index (χ0) is 18.1. The van der Waals surface area contributed by atoms with Gasteiger partial charge in [0, 0.05) is 48.8 Å². The van der Waals surface area contributed by atoms with Gasteiger partial charge >= 0.3 is 0 Å². The number of nitrogens with zero attached hydrogens (tertiary/aromatic N) is 5. The molecule has 0 bridgehead atoms. The van der Waals surface area contributed by atoms with Gasteiger partial charge in [0.25, 0.3) is 0 Å². The fraction of sp³-hybridized carbons (Fsp3) is 0.158. The Morgan fingerprint density at radius 3 is 2.73 bits per heavy atom. The lowest BCUT2D eigenvalue weighted by atomic mass is 10.1. The molecule has 0 aliphatic rings. The number of fused-ring (bicyclic) bond motifs is 1. The predicted octanol–water partition coefficient (Wildman–Crippen LogP) is 1.67. The molecular weight excluding hydrogens is 323 g/mol. The number of hydrogen-bond donors (Lipinski definition) is 1. The van der Waals surface area contributed by atoms with E-state index < -0.39 is 0 Å². The molecule has 0 amide bonds. The number of aromatic nitrogens is 5. The van der Waals surface area contributed by atoms with Crippen molar-refractivity contribution in [3.05, 3.63) is 66.0 Å². The van der Waals surface area contributed by atoms with E-state index in [0.29, 0.717) is 6.54 Å². The van der Waals surface area contributed by atoms with Gasteiger partial charge in [0.2, 0.25) is 0 Å². The number of pyridine rings is 2. The first-order valence-electron chi connectivity index (χ1n) is 8.53. The minimum absolute atomic E-state index is 0.641. The fourth-order valence-corrected chi connectivity index (χ4v) is 3.08. The van der Waals surface area contributed by atoms with E-state index in [-0.39, 0.29) is 0 Å². The largest absolute Gasteiger partial charge is 0.363 e. The van der Waals surface area contributed by atoms with E-state index in [2.05, 4.69) is 44.3 Å². The van der Waals surface area contributed by atoms with Crippen LogP contribution in [0.15, 0.2) is 49.2 Å². The second-order valence-electron chi connectivity index (χ2n) is 6.42. The topological polar surface area (TPSA) is 68.0 Å². The Kier molecular flexibility index (Phi) is 4.12. The van der Waals surface area contributed by atoms with Crippen molar-refractivity contribution in [2.75, 3.05) is 5.32 Å². The van der Waals surface area contributed by atoms with E-state index in [9.17, 15) is 0 Å². The lowest BCUT2D eigenvalue weighted by molar-refractivity contribution is 1.06. The monoisotopic (exact) mass is 342 g/mol. The summed E-state index contributed by atoms with van der Waals surface area (Å²) in [5.41, 5.74) is 7.22. The molecule has 4 rings (SSSR count). The van der Waals surface area contributed by atoms with E-state index in [1.54, 1.807) is 6.20 Å². The van der Waals surface area contributed by atoms with Gasteiger partial charge in [-0.05, 0) is 42.7 Å². The summed E-state index contributed by atoms with van der Waals surface area (Å²) in [4.78, 5) is 17.7. The number of nitrogens with one attached hydrogen (secondary N) is 1. The smallest absolute Gasteiger partial charge is 0.179 e. The van der Waals surface area contributed by atoms with Crippen LogP contribution in [0.2, 0.25) is 0 Å². The Bertz CT molecular complexity index is 1090. The van der Waals surface area contributed by atoms with Gasteiger partial charge in [0.05, 0.1) is 5.69 Å². The third-order valence-corrected chi connectivity index (χ3v) is 4.38. The van der Waals surface area contributed by atoms with Crippen molar-refractivity contribution in [3.63, 3.8) is 0 Å². The van der Waals surface area contributed by atoms with Crippen LogP contribution in [-0.2, 0) is 6.54 Å². The van der Waals surface area contributed by atoms with Gasteiger partial charge in [0.1, 0.15) is 0 Å². The van der Waals surface area contributed by atoms with Crippen molar-refractivity contribution < 1.29 is 0 Å². The Hall–Kier alpha value is -3.22. The second-order valence-corrected chi connectivity index (χ2v) is 6.42. The summed E-state index contributed by atoms with van der Waals surface area (Å²) in [5.74, 6) is 0.770. The van der Waals surface area contributed by atoms with Gasteiger partial charge in [-0.3, -0.25) is 9.97 Å². The van der Waals surface area contributed by atoms with Crippen molar-refractivity contribution in [2.45, 2.75) is 20.4 Å². The molecule has 0 aromatic carbocycles. The van der Waals surface area contributed by atoms with Gasteiger partial charge in [-0.15, -0.1) is 0 Å². The van der Waals surface area contributed by atoms with Gasteiger partial charge in [0.15, 0.2) is 19.3 Å². The summed E-state index contributed by atoms with van der Waals surface area (Å²) in [5, 5.41) is 3.37. The summed E-state index contributed by atoms with van der Waals surface area (Å²) in [6.07, 6.45) is 9.27. The van der Waals surface area contributed by atoms with Crippen LogP contribution in [0, 0.1) is 13.8 Å².